The number of hydrogen-bond donors (Lipinski definition) is 2. The molecule has 6 heteroatoms. The average molecular weight is 250 g/mol. The first-order valence-corrected chi connectivity index (χ1v) is 5.67. The molecule has 0 spiro atoms. The van der Waals surface area contributed by atoms with Gasteiger partial charge in [-0.25, -0.2) is 0 Å². The van der Waals surface area contributed by atoms with Crippen molar-refractivity contribution in [1.82, 2.24) is 0 Å². The Morgan fingerprint density at radius 2 is 2.22 bits per heavy atom. The molecule has 0 heterocycles. The van der Waals surface area contributed by atoms with Gasteiger partial charge < -0.3 is 10.4 Å². The lowest BCUT2D eigenvalue weighted by Gasteiger charge is -2.12. The number of nitrogens with one attached hydrogen (secondary N) is 1. The van der Waals surface area contributed by atoms with E-state index in [0.717, 1.165) is 5.56 Å². The van der Waals surface area contributed by atoms with Crippen molar-refractivity contribution >= 4 is 17.3 Å². The van der Waals surface area contributed by atoms with Gasteiger partial charge in [0.05, 0.1) is 10.3 Å². The summed E-state index contributed by atoms with van der Waals surface area (Å²) in [6, 6.07) is 4.75. The molecule has 1 aromatic rings. The average Bonchev–Trinajstić information content (AvgIpc) is 3.07. The van der Waals surface area contributed by atoms with Gasteiger partial charge in [-0.15, -0.1) is 0 Å². The Labute approximate surface area is 104 Å². The fourth-order valence-corrected chi connectivity index (χ4v) is 1.83. The summed E-state index contributed by atoms with van der Waals surface area (Å²) in [5.41, 5.74) is 0.509. The molecule has 0 aromatic heterocycles. The van der Waals surface area contributed by atoms with Gasteiger partial charge in [0.1, 0.15) is 5.69 Å². The third-order valence-electron chi connectivity index (χ3n) is 3.27. The summed E-state index contributed by atoms with van der Waals surface area (Å²) in [7, 11) is 0. The van der Waals surface area contributed by atoms with E-state index in [0.29, 0.717) is 18.5 Å². The maximum Gasteiger partial charge on any atom is 0.311 e. The van der Waals surface area contributed by atoms with Crippen LogP contribution in [0.25, 0.3) is 0 Å². The molecule has 2 N–H and O–H groups in total. The third-order valence-corrected chi connectivity index (χ3v) is 3.27. The van der Waals surface area contributed by atoms with Crippen LogP contribution in [-0.4, -0.2) is 22.5 Å². The number of carboxylic acid groups (broad SMARTS) is 1. The van der Waals surface area contributed by atoms with Gasteiger partial charge in [0.25, 0.3) is 5.69 Å². The normalized spacial score (nSPS) is 16.1. The van der Waals surface area contributed by atoms with Gasteiger partial charge >= 0.3 is 5.97 Å². The number of benzene rings is 1. The van der Waals surface area contributed by atoms with Crippen LogP contribution in [0.4, 0.5) is 11.4 Å². The molecule has 0 saturated heterocycles. The number of aliphatic carboxylic acids is 1. The van der Waals surface area contributed by atoms with E-state index in [-0.39, 0.29) is 12.2 Å². The zero-order valence-corrected chi connectivity index (χ0v) is 9.97. The number of nitro benzene ring substituents is 1. The quantitative estimate of drug-likeness (QED) is 0.617. The van der Waals surface area contributed by atoms with Crippen molar-refractivity contribution in [1.29, 1.82) is 0 Å². The molecule has 1 aliphatic carbocycles. The van der Waals surface area contributed by atoms with Crippen LogP contribution in [0, 0.1) is 22.5 Å². The van der Waals surface area contributed by atoms with Crippen molar-refractivity contribution in [2.75, 3.05) is 11.9 Å². The Morgan fingerprint density at radius 1 is 1.56 bits per heavy atom. The van der Waals surface area contributed by atoms with Crippen LogP contribution in [0.1, 0.15) is 18.4 Å². The molecule has 0 atom stereocenters. The Kier molecular flexibility index (Phi) is 2.94. The highest BCUT2D eigenvalue weighted by atomic mass is 16.6. The number of anilines is 1. The maximum absolute atomic E-state index is 11.0. The largest absolute Gasteiger partial charge is 0.481 e. The summed E-state index contributed by atoms with van der Waals surface area (Å²) < 4.78 is 0. The zero-order chi connectivity index (χ0) is 13.3. The van der Waals surface area contributed by atoms with Crippen molar-refractivity contribution in [3.05, 3.63) is 33.9 Å². The lowest BCUT2D eigenvalue weighted by molar-refractivity contribution is -0.384. The Morgan fingerprint density at radius 3 is 2.72 bits per heavy atom. The molecule has 18 heavy (non-hydrogen) atoms. The third kappa shape index (κ3) is 2.27. The SMILES string of the molecule is Cc1ccc([N+](=O)[O-])c(NCC2(C(=O)O)CC2)c1. The number of nitrogens with zero attached hydrogens (tertiary/aromatic N) is 1. The van der Waals surface area contributed by atoms with Gasteiger partial charge in [0, 0.05) is 12.6 Å². The molecular formula is C12H14N2O4. The van der Waals surface area contributed by atoms with Crippen LogP contribution in [0.3, 0.4) is 0 Å². The van der Waals surface area contributed by atoms with E-state index in [1.165, 1.54) is 6.07 Å². The molecular weight excluding hydrogens is 236 g/mol. The van der Waals surface area contributed by atoms with E-state index in [1.54, 1.807) is 12.1 Å². The maximum atomic E-state index is 11.0. The van der Waals surface area contributed by atoms with E-state index in [9.17, 15) is 14.9 Å². The molecule has 0 unspecified atom stereocenters. The van der Waals surface area contributed by atoms with Gasteiger partial charge in [-0.05, 0) is 31.4 Å². The molecule has 0 aliphatic heterocycles. The molecule has 2 rings (SSSR count). The van der Waals surface area contributed by atoms with Gasteiger partial charge in [-0.1, -0.05) is 6.07 Å². The van der Waals surface area contributed by atoms with Crippen LogP contribution in [0.2, 0.25) is 0 Å². The number of carbonyl (C=O) groups is 1. The molecule has 1 saturated carbocycles. The van der Waals surface area contributed by atoms with Gasteiger partial charge in [0.15, 0.2) is 0 Å². The second-order valence-electron chi connectivity index (χ2n) is 4.72. The summed E-state index contributed by atoms with van der Waals surface area (Å²) in [6.07, 6.45) is 1.24. The van der Waals surface area contributed by atoms with Gasteiger partial charge in [0.2, 0.25) is 0 Å². The highest BCUT2D eigenvalue weighted by Gasteiger charge is 2.50. The van der Waals surface area contributed by atoms with Crippen LogP contribution in [0.5, 0.6) is 0 Å². The van der Waals surface area contributed by atoms with Crippen LogP contribution < -0.4 is 5.32 Å². The van der Waals surface area contributed by atoms with E-state index >= 15 is 0 Å². The van der Waals surface area contributed by atoms with E-state index < -0.39 is 16.3 Å². The molecule has 1 aliphatic rings. The van der Waals surface area contributed by atoms with E-state index in [2.05, 4.69) is 5.32 Å². The molecule has 1 aromatic carbocycles. The molecule has 0 amide bonds. The number of rotatable bonds is 5. The van der Waals surface area contributed by atoms with Crippen molar-refractivity contribution in [2.45, 2.75) is 19.8 Å². The summed E-state index contributed by atoms with van der Waals surface area (Å²) in [6.45, 7) is 2.06. The summed E-state index contributed by atoms with van der Waals surface area (Å²) >= 11 is 0. The zero-order valence-electron chi connectivity index (χ0n) is 9.97. The van der Waals surface area contributed by atoms with Crippen molar-refractivity contribution in [3.63, 3.8) is 0 Å². The Balaban J connectivity index is 2.16. The second-order valence-corrected chi connectivity index (χ2v) is 4.72. The van der Waals surface area contributed by atoms with Crippen molar-refractivity contribution in [2.24, 2.45) is 5.41 Å². The molecule has 96 valence electrons. The van der Waals surface area contributed by atoms with Crippen LogP contribution >= 0.6 is 0 Å². The predicted octanol–water partition coefficient (Wildman–Crippen LogP) is 2.18. The Bertz CT molecular complexity index is 509. The highest BCUT2D eigenvalue weighted by Crippen LogP contribution is 2.46. The minimum atomic E-state index is -0.842. The highest BCUT2D eigenvalue weighted by molar-refractivity contribution is 5.79. The van der Waals surface area contributed by atoms with Gasteiger partial charge in [-0.2, -0.15) is 0 Å². The van der Waals surface area contributed by atoms with Crippen molar-refractivity contribution in [3.8, 4) is 0 Å². The summed E-state index contributed by atoms with van der Waals surface area (Å²) in [5.74, 6) is -0.842. The van der Waals surface area contributed by atoms with Crippen LogP contribution in [0.15, 0.2) is 18.2 Å². The Hall–Kier alpha value is -2.11. The topological polar surface area (TPSA) is 92.5 Å². The van der Waals surface area contributed by atoms with E-state index in [1.807, 2.05) is 6.92 Å². The number of hydrogen-bond acceptors (Lipinski definition) is 4. The van der Waals surface area contributed by atoms with Gasteiger partial charge in [-0.3, -0.25) is 14.9 Å². The lowest BCUT2D eigenvalue weighted by atomic mass is 10.1. The summed E-state index contributed by atoms with van der Waals surface area (Å²) in [5, 5.41) is 22.8. The first-order chi connectivity index (χ1) is 8.44. The van der Waals surface area contributed by atoms with Crippen LogP contribution in [-0.2, 0) is 4.79 Å². The minimum Gasteiger partial charge on any atom is -0.481 e. The standard InChI is InChI=1S/C12H14N2O4/c1-8-2-3-10(14(17)18)9(6-8)13-7-12(4-5-12)11(15)16/h2-3,6,13H,4-5,7H2,1H3,(H,15,16). The second kappa shape index (κ2) is 4.29. The molecule has 1 fully saturated rings. The predicted molar refractivity (Wildman–Crippen MR) is 65.6 cm³/mol. The monoisotopic (exact) mass is 250 g/mol. The number of aryl methyl sites for hydroxylation is 1. The molecule has 0 radical (unpaired) electrons. The molecule has 0 bridgehead atoms. The lowest BCUT2D eigenvalue weighted by Crippen LogP contribution is -2.24. The summed E-state index contributed by atoms with van der Waals surface area (Å²) in [4.78, 5) is 21.4. The van der Waals surface area contributed by atoms with Crippen molar-refractivity contribution < 1.29 is 14.8 Å². The smallest absolute Gasteiger partial charge is 0.311 e. The fourth-order valence-electron chi connectivity index (χ4n) is 1.83. The number of nitro groups is 1. The molecule has 6 nitrogen and oxygen atoms in total. The first-order valence-electron chi connectivity index (χ1n) is 5.67. The number of carboxylic acids is 1. The first kappa shape index (κ1) is 12.3. The van der Waals surface area contributed by atoms with E-state index in [4.69, 9.17) is 5.11 Å². The fraction of sp³-hybridized carbons (Fsp3) is 0.417. The minimum absolute atomic E-state index is 0.0261.